The number of urea groups is 1. The zero-order valence-electron chi connectivity index (χ0n) is 9.70. The first-order chi connectivity index (χ1) is 8.16. The van der Waals surface area contributed by atoms with Gasteiger partial charge in [-0.1, -0.05) is 17.7 Å². The molecule has 0 saturated carbocycles. The normalized spacial score (nSPS) is 15.8. The molecule has 0 bridgehead atoms. The van der Waals surface area contributed by atoms with Gasteiger partial charge < -0.3 is 5.32 Å². The third-order valence-corrected chi connectivity index (χ3v) is 3.06. The Morgan fingerprint density at radius 1 is 1.47 bits per heavy atom. The van der Waals surface area contributed by atoms with Gasteiger partial charge in [-0.3, -0.25) is 4.84 Å². The minimum absolute atomic E-state index is 0.246. The van der Waals surface area contributed by atoms with Crippen molar-refractivity contribution >= 4 is 23.3 Å². The van der Waals surface area contributed by atoms with Crippen LogP contribution in [0.3, 0.4) is 0 Å². The molecule has 1 aliphatic heterocycles. The molecule has 1 aromatic rings. The molecule has 5 heteroatoms. The fourth-order valence-electron chi connectivity index (χ4n) is 1.61. The number of hydrogen-bond donors (Lipinski definition) is 1. The molecule has 0 spiro atoms. The van der Waals surface area contributed by atoms with E-state index in [9.17, 15) is 4.79 Å². The number of nitrogens with zero attached hydrogens (tertiary/aromatic N) is 1. The van der Waals surface area contributed by atoms with Crippen molar-refractivity contribution in [2.24, 2.45) is 0 Å². The Bertz CT molecular complexity index is 417. The lowest BCUT2D eigenvalue weighted by molar-refractivity contribution is -0.135. The van der Waals surface area contributed by atoms with Crippen LogP contribution in [0, 0.1) is 6.92 Å². The maximum Gasteiger partial charge on any atom is 0.345 e. The largest absolute Gasteiger partial charge is 0.345 e. The predicted molar refractivity (Wildman–Crippen MR) is 67.1 cm³/mol. The zero-order chi connectivity index (χ0) is 12.3. The standard InChI is InChI=1S/C12H15ClN2O2/c1-9-4-5-10(8-11(9)13)14-12(16)15-6-2-3-7-17-15/h4-5,8H,2-3,6-7H2,1H3,(H,14,16). The van der Waals surface area contributed by atoms with Crippen molar-refractivity contribution in [3.05, 3.63) is 28.8 Å². The summed E-state index contributed by atoms with van der Waals surface area (Å²) >= 11 is 5.99. The van der Waals surface area contributed by atoms with Crippen LogP contribution in [0.4, 0.5) is 10.5 Å². The van der Waals surface area contributed by atoms with E-state index in [1.54, 1.807) is 6.07 Å². The van der Waals surface area contributed by atoms with E-state index in [1.165, 1.54) is 5.06 Å². The van der Waals surface area contributed by atoms with E-state index >= 15 is 0 Å². The van der Waals surface area contributed by atoms with Crippen molar-refractivity contribution in [1.29, 1.82) is 0 Å². The molecular formula is C12H15ClN2O2. The van der Waals surface area contributed by atoms with Crippen LogP contribution in [0.1, 0.15) is 18.4 Å². The molecule has 0 aliphatic carbocycles. The molecule has 0 radical (unpaired) electrons. The van der Waals surface area contributed by atoms with Gasteiger partial charge in [-0.05, 0) is 37.5 Å². The van der Waals surface area contributed by atoms with Crippen LogP contribution >= 0.6 is 11.6 Å². The summed E-state index contributed by atoms with van der Waals surface area (Å²) < 4.78 is 0. The average molecular weight is 255 g/mol. The van der Waals surface area contributed by atoms with E-state index in [-0.39, 0.29) is 6.03 Å². The highest BCUT2D eigenvalue weighted by Crippen LogP contribution is 2.20. The molecule has 4 nitrogen and oxygen atoms in total. The lowest BCUT2D eigenvalue weighted by atomic mass is 10.2. The number of anilines is 1. The second-order valence-corrected chi connectivity index (χ2v) is 4.44. The van der Waals surface area contributed by atoms with Gasteiger partial charge in [0.05, 0.1) is 13.2 Å². The predicted octanol–water partition coefficient (Wildman–Crippen LogP) is 3.21. The number of nitrogens with one attached hydrogen (secondary N) is 1. The number of carbonyl (C=O) groups is 1. The van der Waals surface area contributed by atoms with Gasteiger partial charge in [-0.15, -0.1) is 0 Å². The quantitative estimate of drug-likeness (QED) is 0.836. The number of aryl methyl sites for hydroxylation is 1. The van der Waals surface area contributed by atoms with E-state index in [0.29, 0.717) is 23.9 Å². The first kappa shape index (κ1) is 12.2. The number of amides is 2. The Morgan fingerprint density at radius 2 is 2.29 bits per heavy atom. The molecule has 0 atom stereocenters. The Morgan fingerprint density at radius 3 is 2.94 bits per heavy atom. The van der Waals surface area contributed by atoms with Crippen molar-refractivity contribution in [2.45, 2.75) is 19.8 Å². The first-order valence-electron chi connectivity index (χ1n) is 5.64. The number of hydrogen-bond acceptors (Lipinski definition) is 2. The third-order valence-electron chi connectivity index (χ3n) is 2.65. The Labute approximate surface area is 105 Å². The molecule has 1 aliphatic rings. The van der Waals surface area contributed by atoms with E-state index in [0.717, 1.165) is 18.4 Å². The van der Waals surface area contributed by atoms with Crippen molar-refractivity contribution in [2.75, 3.05) is 18.5 Å². The van der Waals surface area contributed by atoms with E-state index in [1.807, 2.05) is 19.1 Å². The van der Waals surface area contributed by atoms with Gasteiger partial charge >= 0.3 is 6.03 Å². The fourth-order valence-corrected chi connectivity index (χ4v) is 1.79. The second-order valence-electron chi connectivity index (χ2n) is 4.04. The molecule has 2 rings (SSSR count). The highest BCUT2D eigenvalue weighted by molar-refractivity contribution is 6.31. The van der Waals surface area contributed by atoms with Crippen molar-refractivity contribution in [3.63, 3.8) is 0 Å². The SMILES string of the molecule is Cc1ccc(NC(=O)N2CCCCO2)cc1Cl. The number of carbonyl (C=O) groups excluding carboxylic acids is 1. The molecule has 1 heterocycles. The molecule has 92 valence electrons. The van der Waals surface area contributed by atoms with E-state index in [4.69, 9.17) is 16.4 Å². The summed E-state index contributed by atoms with van der Waals surface area (Å²) in [5.74, 6) is 0. The number of rotatable bonds is 1. The molecule has 1 aromatic carbocycles. The molecule has 1 saturated heterocycles. The smallest absolute Gasteiger partial charge is 0.306 e. The van der Waals surface area contributed by atoms with Crippen LogP contribution in [0.5, 0.6) is 0 Å². The third kappa shape index (κ3) is 3.11. The van der Waals surface area contributed by atoms with Gasteiger partial charge in [0, 0.05) is 10.7 Å². The number of benzene rings is 1. The molecular weight excluding hydrogens is 240 g/mol. The Kier molecular flexibility index (Phi) is 3.86. The van der Waals surface area contributed by atoms with E-state index < -0.39 is 0 Å². The lowest BCUT2D eigenvalue weighted by Gasteiger charge is -2.25. The summed E-state index contributed by atoms with van der Waals surface area (Å²) in [6.45, 7) is 3.15. The van der Waals surface area contributed by atoms with Crippen LogP contribution < -0.4 is 5.32 Å². The fraction of sp³-hybridized carbons (Fsp3) is 0.417. The molecule has 1 N–H and O–H groups in total. The molecule has 2 amide bonds. The maximum atomic E-state index is 11.8. The van der Waals surface area contributed by atoms with Gasteiger partial charge in [-0.2, -0.15) is 0 Å². The summed E-state index contributed by atoms with van der Waals surface area (Å²) in [6.07, 6.45) is 1.97. The topological polar surface area (TPSA) is 41.6 Å². The minimum atomic E-state index is -0.246. The number of hydroxylamine groups is 2. The molecule has 1 fully saturated rings. The Hall–Kier alpha value is -1.26. The van der Waals surface area contributed by atoms with Crippen LogP contribution in [-0.4, -0.2) is 24.2 Å². The monoisotopic (exact) mass is 254 g/mol. The van der Waals surface area contributed by atoms with Crippen molar-refractivity contribution < 1.29 is 9.63 Å². The summed E-state index contributed by atoms with van der Waals surface area (Å²) in [4.78, 5) is 17.1. The van der Waals surface area contributed by atoms with Gasteiger partial charge in [0.1, 0.15) is 0 Å². The molecule has 0 unspecified atom stereocenters. The van der Waals surface area contributed by atoms with E-state index in [2.05, 4.69) is 5.32 Å². The second kappa shape index (κ2) is 5.38. The maximum absolute atomic E-state index is 11.8. The first-order valence-corrected chi connectivity index (χ1v) is 6.02. The van der Waals surface area contributed by atoms with Crippen molar-refractivity contribution in [3.8, 4) is 0 Å². The van der Waals surface area contributed by atoms with Gasteiger partial charge in [0.25, 0.3) is 0 Å². The van der Waals surface area contributed by atoms with Crippen LogP contribution in [0.15, 0.2) is 18.2 Å². The zero-order valence-corrected chi connectivity index (χ0v) is 10.5. The molecule has 0 aromatic heterocycles. The highest BCUT2D eigenvalue weighted by atomic mass is 35.5. The minimum Gasteiger partial charge on any atom is -0.306 e. The van der Waals surface area contributed by atoms with Crippen LogP contribution in [0.2, 0.25) is 5.02 Å². The lowest BCUT2D eigenvalue weighted by Crippen LogP contribution is -2.38. The Balaban J connectivity index is 1.99. The van der Waals surface area contributed by atoms with Crippen molar-refractivity contribution in [1.82, 2.24) is 5.06 Å². The van der Waals surface area contributed by atoms with Gasteiger partial charge in [0.2, 0.25) is 0 Å². The summed E-state index contributed by atoms with van der Waals surface area (Å²) in [7, 11) is 0. The average Bonchev–Trinajstić information content (AvgIpc) is 2.35. The van der Waals surface area contributed by atoms with Gasteiger partial charge in [-0.25, -0.2) is 9.86 Å². The highest BCUT2D eigenvalue weighted by Gasteiger charge is 2.17. The van der Waals surface area contributed by atoms with Crippen LogP contribution in [-0.2, 0) is 4.84 Å². The molecule has 17 heavy (non-hydrogen) atoms. The van der Waals surface area contributed by atoms with Gasteiger partial charge in [0.15, 0.2) is 0 Å². The summed E-state index contributed by atoms with van der Waals surface area (Å²) in [5.41, 5.74) is 1.67. The number of halogens is 1. The summed E-state index contributed by atoms with van der Waals surface area (Å²) in [6, 6.07) is 5.18. The summed E-state index contributed by atoms with van der Waals surface area (Å²) in [5, 5.41) is 4.76. The van der Waals surface area contributed by atoms with Crippen LogP contribution in [0.25, 0.3) is 0 Å².